The highest BCUT2D eigenvalue weighted by Gasteiger charge is 2.16. The molecule has 5 heteroatoms. The molecule has 0 spiro atoms. The van der Waals surface area contributed by atoms with Gasteiger partial charge in [-0.2, -0.15) is 0 Å². The zero-order chi connectivity index (χ0) is 15.2. The van der Waals surface area contributed by atoms with Gasteiger partial charge in [0.25, 0.3) is 0 Å². The van der Waals surface area contributed by atoms with Crippen molar-refractivity contribution in [1.29, 1.82) is 0 Å². The second-order valence-corrected chi connectivity index (χ2v) is 6.83. The molecule has 2 N–H and O–H groups in total. The minimum Gasteiger partial charge on any atom is -0.384 e. The average Bonchev–Trinajstić information content (AvgIpc) is 2.42. The molecule has 0 heterocycles. The fourth-order valence-electron chi connectivity index (χ4n) is 1.44. The van der Waals surface area contributed by atoms with Gasteiger partial charge in [-0.05, 0) is 30.0 Å². The van der Waals surface area contributed by atoms with Gasteiger partial charge in [0, 0.05) is 12.1 Å². The maximum Gasteiger partial charge on any atom is 0.240 e. The molecular formula is C15H21NO3S. The lowest BCUT2D eigenvalue weighted by Gasteiger charge is -2.16. The third-order valence-electron chi connectivity index (χ3n) is 3.19. The van der Waals surface area contributed by atoms with E-state index in [0.717, 1.165) is 0 Å². The molecule has 0 aromatic heterocycles. The number of sulfonamides is 1. The molecule has 0 aliphatic rings. The van der Waals surface area contributed by atoms with Crippen molar-refractivity contribution in [1.82, 2.24) is 4.72 Å². The van der Waals surface area contributed by atoms with Crippen molar-refractivity contribution in [3.05, 3.63) is 29.8 Å². The molecule has 1 atom stereocenters. The van der Waals surface area contributed by atoms with Crippen LogP contribution in [0.15, 0.2) is 29.2 Å². The van der Waals surface area contributed by atoms with Gasteiger partial charge in [-0.25, -0.2) is 13.1 Å². The van der Waals surface area contributed by atoms with Gasteiger partial charge in [0.1, 0.15) is 6.61 Å². The van der Waals surface area contributed by atoms with Crippen LogP contribution in [0.3, 0.4) is 0 Å². The minimum atomic E-state index is -3.52. The van der Waals surface area contributed by atoms with Crippen LogP contribution in [-0.4, -0.2) is 26.7 Å². The van der Waals surface area contributed by atoms with Crippen LogP contribution in [0.1, 0.15) is 26.3 Å². The second-order valence-electron chi connectivity index (χ2n) is 5.06. The summed E-state index contributed by atoms with van der Waals surface area (Å²) < 4.78 is 27.0. The molecular weight excluding hydrogens is 274 g/mol. The first-order valence-electron chi connectivity index (χ1n) is 6.56. The molecule has 1 aromatic carbocycles. The number of rotatable bonds is 5. The van der Waals surface area contributed by atoms with E-state index in [4.69, 9.17) is 5.11 Å². The Labute approximate surface area is 121 Å². The van der Waals surface area contributed by atoms with E-state index in [2.05, 4.69) is 30.4 Å². The standard InChI is InChI=1S/C15H21NO3S/c1-12(2)13(3)11-16-20(18,19)15-8-4-6-14(10-15)7-5-9-17/h4,6,8,10,12-13,16-17H,9,11H2,1-3H3. The smallest absolute Gasteiger partial charge is 0.240 e. The van der Waals surface area contributed by atoms with Crippen LogP contribution < -0.4 is 4.72 Å². The average molecular weight is 295 g/mol. The second kappa shape index (κ2) is 7.44. The van der Waals surface area contributed by atoms with Crippen molar-refractivity contribution in [3.8, 4) is 11.8 Å². The monoisotopic (exact) mass is 295 g/mol. The normalized spacial score (nSPS) is 12.8. The largest absolute Gasteiger partial charge is 0.384 e. The lowest BCUT2D eigenvalue weighted by Crippen LogP contribution is -2.30. The number of benzene rings is 1. The summed E-state index contributed by atoms with van der Waals surface area (Å²) in [4.78, 5) is 0.193. The summed E-state index contributed by atoms with van der Waals surface area (Å²) in [6.07, 6.45) is 0. The van der Waals surface area contributed by atoms with Crippen LogP contribution >= 0.6 is 0 Å². The van der Waals surface area contributed by atoms with Gasteiger partial charge >= 0.3 is 0 Å². The van der Waals surface area contributed by atoms with Gasteiger partial charge in [0.2, 0.25) is 10.0 Å². The topological polar surface area (TPSA) is 66.4 Å². The molecule has 0 aliphatic heterocycles. The van der Waals surface area contributed by atoms with Crippen molar-refractivity contribution in [3.63, 3.8) is 0 Å². The summed E-state index contributed by atoms with van der Waals surface area (Å²) in [5, 5.41) is 8.65. The van der Waals surface area contributed by atoms with Gasteiger partial charge in [-0.15, -0.1) is 0 Å². The Morgan fingerprint density at radius 2 is 2.00 bits per heavy atom. The van der Waals surface area contributed by atoms with Crippen molar-refractivity contribution >= 4 is 10.0 Å². The van der Waals surface area contributed by atoms with E-state index in [1.54, 1.807) is 12.1 Å². The predicted molar refractivity (Wildman–Crippen MR) is 79.6 cm³/mol. The summed E-state index contributed by atoms with van der Waals surface area (Å²) in [6, 6.07) is 6.39. The van der Waals surface area contributed by atoms with E-state index in [1.807, 2.05) is 6.92 Å². The molecule has 0 aliphatic carbocycles. The number of nitrogens with one attached hydrogen (secondary N) is 1. The van der Waals surface area contributed by atoms with Crippen molar-refractivity contribution < 1.29 is 13.5 Å². The molecule has 0 saturated heterocycles. The third-order valence-corrected chi connectivity index (χ3v) is 4.61. The summed E-state index contributed by atoms with van der Waals surface area (Å²) in [5.41, 5.74) is 0.568. The number of aliphatic hydroxyl groups is 1. The molecule has 4 nitrogen and oxygen atoms in total. The SMILES string of the molecule is CC(C)C(C)CNS(=O)(=O)c1cccc(C#CCO)c1. The number of aliphatic hydroxyl groups excluding tert-OH is 1. The van der Waals surface area contributed by atoms with Gasteiger partial charge in [0.15, 0.2) is 0 Å². The molecule has 0 fully saturated rings. The molecule has 1 unspecified atom stereocenters. The highest BCUT2D eigenvalue weighted by Crippen LogP contribution is 2.13. The molecule has 1 rings (SSSR count). The summed E-state index contributed by atoms with van der Waals surface area (Å²) >= 11 is 0. The Bertz CT molecular complexity index is 597. The van der Waals surface area contributed by atoms with Crippen LogP contribution in [0.4, 0.5) is 0 Å². The molecule has 0 saturated carbocycles. The highest BCUT2D eigenvalue weighted by atomic mass is 32.2. The quantitative estimate of drug-likeness (QED) is 0.811. The summed E-state index contributed by atoms with van der Waals surface area (Å²) in [6.45, 7) is 6.29. The predicted octanol–water partition coefficient (Wildman–Crippen LogP) is 1.60. The van der Waals surface area contributed by atoms with Gasteiger partial charge < -0.3 is 5.11 Å². The molecule has 20 heavy (non-hydrogen) atoms. The first-order chi connectivity index (χ1) is 9.36. The lowest BCUT2D eigenvalue weighted by atomic mass is 9.99. The summed E-state index contributed by atoms with van der Waals surface area (Å²) in [7, 11) is -3.52. The molecule has 1 aromatic rings. The van der Waals surface area contributed by atoms with E-state index in [0.29, 0.717) is 18.0 Å². The van der Waals surface area contributed by atoms with E-state index in [1.165, 1.54) is 12.1 Å². The van der Waals surface area contributed by atoms with Gasteiger partial charge in [0.05, 0.1) is 4.90 Å². The molecule has 0 radical (unpaired) electrons. The molecule has 0 amide bonds. The van der Waals surface area contributed by atoms with Crippen molar-refractivity contribution in [2.24, 2.45) is 11.8 Å². The lowest BCUT2D eigenvalue weighted by molar-refractivity contribution is 0.350. The Morgan fingerprint density at radius 1 is 1.30 bits per heavy atom. The van der Waals surface area contributed by atoms with E-state index >= 15 is 0 Å². The summed E-state index contributed by atoms with van der Waals surface area (Å²) in [5.74, 6) is 5.88. The minimum absolute atomic E-state index is 0.193. The Balaban J connectivity index is 2.87. The van der Waals surface area contributed by atoms with Crippen LogP contribution in [0.25, 0.3) is 0 Å². The Kier molecular flexibility index (Phi) is 6.21. The zero-order valence-corrected chi connectivity index (χ0v) is 12.9. The van der Waals surface area contributed by atoms with Crippen LogP contribution in [0.5, 0.6) is 0 Å². The van der Waals surface area contributed by atoms with Crippen LogP contribution in [0.2, 0.25) is 0 Å². The number of hydrogen-bond donors (Lipinski definition) is 2. The van der Waals surface area contributed by atoms with E-state index < -0.39 is 10.0 Å². The molecule has 110 valence electrons. The van der Waals surface area contributed by atoms with E-state index in [-0.39, 0.29) is 17.4 Å². The Morgan fingerprint density at radius 3 is 2.60 bits per heavy atom. The third kappa shape index (κ3) is 4.97. The highest BCUT2D eigenvalue weighted by molar-refractivity contribution is 7.89. The van der Waals surface area contributed by atoms with Gasteiger partial charge in [-0.1, -0.05) is 38.7 Å². The molecule has 0 bridgehead atoms. The fourth-order valence-corrected chi connectivity index (χ4v) is 2.63. The first kappa shape index (κ1) is 16.7. The fraction of sp³-hybridized carbons (Fsp3) is 0.467. The zero-order valence-electron chi connectivity index (χ0n) is 12.1. The van der Waals surface area contributed by atoms with Crippen molar-refractivity contribution in [2.75, 3.05) is 13.2 Å². The maximum absolute atomic E-state index is 12.2. The first-order valence-corrected chi connectivity index (χ1v) is 8.04. The maximum atomic E-state index is 12.2. The Hall–Kier alpha value is -1.35. The van der Waals surface area contributed by atoms with Crippen molar-refractivity contribution in [2.45, 2.75) is 25.7 Å². The van der Waals surface area contributed by atoms with Crippen LogP contribution in [0, 0.1) is 23.7 Å². The number of hydrogen-bond acceptors (Lipinski definition) is 3. The van der Waals surface area contributed by atoms with Crippen LogP contribution in [-0.2, 0) is 10.0 Å². The van der Waals surface area contributed by atoms with Gasteiger partial charge in [-0.3, -0.25) is 0 Å². The van der Waals surface area contributed by atoms with E-state index in [9.17, 15) is 8.42 Å².